The first-order chi connectivity index (χ1) is 11.0. The van der Waals surface area contributed by atoms with Crippen LogP contribution in [0.2, 0.25) is 0 Å². The van der Waals surface area contributed by atoms with Gasteiger partial charge in [0, 0.05) is 0 Å². The average Bonchev–Trinajstić information content (AvgIpc) is 2.97. The zero-order chi connectivity index (χ0) is 17.0. The molecule has 1 heterocycles. The smallest absolute Gasteiger partial charge is 0.350 e. The number of rotatable bonds is 5. The molecule has 0 radical (unpaired) electrons. The van der Waals surface area contributed by atoms with Gasteiger partial charge in [0.2, 0.25) is 5.91 Å². The van der Waals surface area contributed by atoms with Crippen molar-refractivity contribution in [1.29, 1.82) is 0 Å². The fraction of sp³-hybridized carbons (Fsp3) is 0.353. The van der Waals surface area contributed by atoms with E-state index in [4.69, 9.17) is 4.74 Å². The molecule has 0 spiro atoms. The largest absolute Gasteiger partial charge is 0.465 e. The summed E-state index contributed by atoms with van der Waals surface area (Å²) in [7, 11) is 1.33. The molecule has 1 aromatic heterocycles. The van der Waals surface area contributed by atoms with E-state index in [1.165, 1.54) is 7.11 Å². The third-order valence-electron chi connectivity index (χ3n) is 3.60. The van der Waals surface area contributed by atoms with Crippen molar-refractivity contribution in [3.63, 3.8) is 0 Å². The minimum atomic E-state index is -0.425. The summed E-state index contributed by atoms with van der Waals surface area (Å²) < 4.78 is 4.74. The van der Waals surface area contributed by atoms with Gasteiger partial charge in [0.05, 0.1) is 18.7 Å². The van der Waals surface area contributed by atoms with E-state index in [0.29, 0.717) is 22.1 Å². The van der Waals surface area contributed by atoms with Crippen LogP contribution in [0.4, 0.5) is 5.13 Å². The van der Waals surface area contributed by atoms with Gasteiger partial charge in [0.15, 0.2) is 5.13 Å². The van der Waals surface area contributed by atoms with Crippen LogP contribution in [-0.2, 0) is 16.0 Å². The summed E-state index contributed by atoms with van der Waals surface area (Å²) in [6.45, 7) is 5.75. The van der Waals surface area contributed by atoms with Gasteiger partial charge in [-0.25, -0.2) is 9.78 Å². The molecule has 0 bridgehead atoms. The van der Waals surface area contributed by atoms with Crippen molar-refractivity contribution in [2.24, 2.45) is 0 Å². The molecular weight excluding hydrogens is 312 g/mol. The van der Waals surface area contributed by atoms with Crippen LogP contribution in [0.3, 0.4) is 0 Å². The van der Waals surface area contributed by atoms with Crippen molar-refractivity contribution in [1.82, 2.24) is 4.98 Å². The van der Waals surface area contributed by atoms with Gasteiger partial charge in [-0.2, -0.15) is 0 Å². The molecule has 0 fully saturated rings. The highest BCUT2D eigenvalue weighted by atomic mass is 32.1. The Labute approximate surface area is 139 Å². The Hall–Kier alpha value is -2.21. The van der Waals surface area contributed by atoms with Gasteiger partial charge in [0.25, 0.3) is 0 Å². The number of esters is 1. The third kappa shape index (κ3) is 3.96. The van der Waals surface area contributed by atoms with E-state index in [1.54, 1.807) is 0 Å². The fourth-order valence-electron chi connectivity index (χ4n) is 2.12. The van der Waals surface area contributed by atoms with E-state index in [1.807, 2.05) is 45.0 Å². The lowest BCUT2D eigenvalue weighted by atomic mass is 9.99. The highest BCUT2D eigenvalue weighted by Gasteiger charge is 2.21. The number of nitrogens with zero attached hydrogens (tertiary/aromatic N) is 1. The van der Waals surface area contributed by atoms with Crippen molar-refractivity contribution >= 4 is 28.3 Å². The summed E-state index contributed by atoms with van der Waals surface area (Å²) >= 11 is 1.14. The van der Waals surface area contributed by atoms with E-state index >= 15 is 0 Å². The Morgan fingerprint density at radius 1 is 1.30 bits per heavy atom. The summed E-state index contributed by atoms with van der Waals surface area (Å²) in [6, 6.07) is 7.84. The SMILES string of the molecule is CCc1nc(NC(=O)C(C)c2ccc(C)cc2)sc1C(=O)OC. The Balaban J connectivity index is 2.15. The van der Waals surface area contributed by atoms with E-state index in [9.17, 15) is 9.59 Å². The Kier molecular flexibility index (Phi) is 5.50. The topological polar surface area (TPSA) is 68.3 Å². The normalized spacial score (nSPS) is 11.8. The lowest BCUT2D eigenvalue weighted by Crippen LogP contribution is -2.18. The number of benzene rings is 1. The molecule has 2 rings (SSSR count). The number of methoxy groups -OCH3 is 1. The summed E-state index contributed by atoms with van der Waals surface area (Å²) in [5.74, 6) is -0.876. The second-order valence-corrected chi connectivity index (χ2v) is 6.26. The number of carbonyl (C=O) groups excluding carboxylic acids is 2. The molecule has 0 aliphatic heterocycles. The molecule has 0 saturated carbocycles. The highest BCUT2D eigenvalue weighted by molar-refractivity contribution is 7.17. The second-order valence-electron chi connectivity index (χ2n) is 5.26. The summed E-state index contributed by atoms with van der Waals surface area (Å²) in [4.78, 5) is 28.9. The van der Waals surface area contributed by atoms with Gasteiger partial charge in [-0.15, -0.1) is 0 Å². The fourth-order valence-corrected chi connectivity index (χ4v) is 3.09. The lowest BCUT2D eigenvalue weighted by Gasteiger charge is -2.11. The highest BCUT2D eigenvalue weighted by Crippen LogP contribution is 2.26. The average molecular weight is 332 g/mol. The molecule has 23 heavy (non-hydrogen) atoms. The molecule has 1 atom stereocenters. The van der Waals surface area contributed by atoms with Crippen molar-refractivity contribution in [2.75, 3.05) is 12.4 Å². The minimum Gasteiger partial charge on any atom is -0.465 e. The summed E-state index contributed by atoms with van der Waals surface area (Å²) in [5, 5.41) is 3.21. The van der Waals surface area contributed by atoms with E-state index in [0.717, 1.165) is 22.5 Å². The molecule has 1 N–H and O–H groups in total. The maximum Gasteiger partial charge on any atom is 0.350 e. The van der Waals surface area contributed by atoms with Crippen molar-refractivity contribution in [3.8, 4) is 0 Å². The van der Waals surface area contributed by atoms with Gasteiger partial charge in [0.1, 0.15) is 4.88 Å². The molecule has 1 amide bonds. The first-order valence-corrected chi connectivity index (χ1v) is 8.23. The number of amides is 1. The Morgan fingerprint density at radius 3 is 2.52 bits per heavy atom. The van der Waals surface area contributed by atoms with Crippen LogP contribution in [-0.4, -0.2) is 24.0 Å². The maximum atomic E-state index is 12.4. The zero-order valence-electron chi connectivity index (χ0n) is 13.7. The number of thiazole rings is 1. The van der Waals surface area contributed by atoms with Gasteiger partial charge in [-0.05, 0) is 25.8 Å². The number of hydrogen-bond donors (Lipinski definition) is 1. The van der Waals surface area contributed by atoms with Crippen molar-refractivity contribution in [2.45, 2.75) is 33.1 Å². The summed E-state index contributed by atoms with van der Waals surface area (Å²) in [6.07, 6.45) is 0.602. The van der Waals surface area contributed by atoms with Crippen molar-refractivity contribution < 1.29 is 14.3 Å². The van der Waals surface area contributed by atoms with Crippen LogP contribution in [0.1, 0.15) is 46.3 Å². The molecule has 122 valence electrons. The van der Waals surface area contributed by atoms with Crippen molar-refractivity contribution in [3.05, 3.63) is 46.0 Å². The number of ether oxygens (including phenoxy) is 1. The first kappa shape index (κ1) is 17.1. The molecule has 1 unspecified atom stereocenters. The first-order valence-electron chi connectivity index (χ1n) is 7.41. The monoisotopic (exact) mass is 332 g/mol. The molecule has 0 saturated heterocycles. The maximum absolute atomic E-state index is 12.4. The van der Waals surface area contributed by atoms with Gasteiger partial charge in [-0.3, -0.25) is 4.79 Å². The quantitative estimate of drug-likeness (QED) is 0.850. The molecule has 5 nitrogen and oxygen atoms in total. The molecule has 2 aromatic rings. The number of aryl methyl sites for hydroxylation is 2. The van der Waals surface area contributed by atoms with E-state index in [-0.39, 0.29) is 11.8 Å². The number of nitrogens with one attached hydrogen (secondary N) is 1. The van der Waals surface area contributed by atoms with Crippen LogP contribution in [0.15, 0.2) is 24.3 Å². The predicted octanol–water partition coefficient (Wildman–Crippen LogP) is 3.54. The predicted molar refractivity (Wildman–Crippen MR) is 91.1 cm³/mol. The molecule has 0 aliphatic carbocycles. The molecule has 6 heteroatoms. The van der Waals surface area contributed by atoms with Gasteiger partial charge >= 0.3 is 5.97 Å². The number of hydrogen-bond acceptors (Lipinski definition) is 5. The molecule has 1 aromatic carbocycles. The van der Waals surface area contributed by atoms with Gasteiger partial charge < -0.3 is 10.1 Å². The number of carbonyl (C=O) groups is 2. The standard InChI is InChI=1S/C17H20N2O3S/c1-5-13-14(16(21)22-4)23-17(18-13)19-15(20)11(3)12-8-6-10(2)7-9-12/h6-9,11H,5H2,1-4H3,(H,18,19,20). The van der Waals surface area contributed by atoms with Crippen LogP contribution in [0, 0.1) is 6.92 Å². The Bertz CT molecular complexity index is 707. The second kappa shape index (κ2) is 7.37. The number of aromatic nitrogens is 1. The zero-order valence-corrected chi connectivity index (χ0v) is 14.5. The Morgan fingerprint density at radius 2 is 1.96 bits per heavy atom. The van der Waals surface area contributed by atoms with Gasteiger partial charge in [-0.1, -0.05) is 48.1 Å². The molecular formula is C17H20N2O3S. The third-order valence-corrected chi connectivity index (χ3v) is 4.60. The lowest BCUT2D eigenvalue weighted by molar-refractivity contribution is -0.117. The van der Waals surface area contributed by atoms with Crippen LogP contribution in [0.5, 0.6) is 0 Å². The van der Waals surface area contributed by atoms with Crippen LogP contribution in [0.25, 0.3) is 0 Å². The van der Waals surface area contributed by atoms with Crippen LogP contribution < -0.4 is 5.32 Å². The summed E-state index contributed by atoms with van der Waals surface area (Å²) in [5.41, 5.74) is 2.73. The van der Waals surface area contributed by atoms with E-state index in [2.05, 4.69) is 10.3 Å². The number of anilines is 1. The minimum absolute atomic E-state index is 0.151. The van der Waals surface area contributed by atoms with E-state index < -0.39 is 5.97 Å². The van der Waals surface area contributed by atoms with Crippen LogP contribution >= 0.6 is 11.3 Å². The molecule has 0 aliphatic rings.